The molecule has 2 unspecified atom stereocenters. The molecule has 3 rings (SSSR count). The number of rotatable bonds is 3. The average molecular weight is 454 g/mol. The molecular formula is C21H23ClF3N5O. The second kappa shape index (κ2) is 9.98. The number of alkyl halides is 3. The molecule has 1 aromatic heterocycles. The molecule has 1 fully saturated rings. The van der Waals surface area contributed by atoms with Gasteiger partial charge in [0, 0.05) is 42.1 Å². The van der Waals surface area contributed by atoms with Gasteiger partial charge in [0.25, 0.3) is 0 Å². The molecule has 0 radical (unpaired) electrons. The lowest BCUT2D eigenvalue weighted by Crippen LogP contribution is -2.38. The highest BCUT2D eigenvalue weighted by Crippen LogP contribution is 2.37. The van der Waals surface area contributed by atoms with Gasteiger partial charge in [-0.25, -0.2) is 4.98 Å². The van der Waals surface area contributed by atoms with Crippen molar-refractivity contribution in [3.8, 4) is 6.07 Å². The van der Waals surface area contributed by atoms with Crippen LogP contribution in [0, 0.1) is 18.3 Å². The fourth-order valence-corrected chi connectivity index (χ4v) is 3.40. The molecule has 0 aliphatic carbocycles. The van der Waals surface area contributed by atoms with Crippen LogP contribution in [0.25, 0.3) is 0 Å². The quantitative estimate of drug-likeness (QED) is 0.706. The molecule has 31 heavy (non-hydrogen) atoms. The van der Waals surface area contributed by atoms with Gasteiger partial charge in [-0.15, -0.1) is 0 Å². The number of nitriles is 1. The van der Waals surface area contributed by atoms with Crippen LogP contribution in [0.4, 0.5) is 24.7 Å². The van der Waals surface area contributed by atoms with Crippen LogP contribution < -0.4 is 15.5 Å². The van der Waals surface area contributed by atoms with E-state index in [1.165, 1.54) is 11.8 Å². The van der Waals surface area contributed by atoms with Crippen LogP contribution in [0.1, 0.15) is 30.2 Å². The van der Waals surface area contributed by atoms with Crippen molar-refractivity contribution in [3.63, 3.8) is 0 Å². The van der Waals surface area contributed by atoms with Gasteiger partial charge >= 0.3 is 6.18 Å². The van der Waals surface area contributed by atoms with Gasteiger partial charge in [0.2, 0.25) is 6.41 Å². The van der Waals surface area contributed by atoms with Crippen LogP contribution in [0.5, 0.6) is 0 Å². The molecule has 10 heteroatoms. The average Bonchev–Trinajstić information content (AvgIpc) is 3.05. The van der Waals surface area contributed by atoms with E-state index < -0.39 is 17.3 Å². The maximum absolute atomic E-state index is 13.0. The van der Waals surface area contributed by atoms with Crippen LogP contribution in [0.2, 0.25) is 5.02 Å². The van der Waals surface area contributed by atoms with Gasteiger partial charge in [-0.05, 0) is 44.5 Å². The molecule has 2 heterocycles. The van der Waals surface area contributed by atoms with E-state index in [-0.39, 0.29) is 23.6 Å². The number of anilines is 2. The molecule has 166 valence electrons. The zero-order valence-corrected chi connectivity index (χ0v) is 18.1. The molecule has 1 saturated heterocycles. The zero-order chi connectivity index (χ0) is 23.3. The summed E-state index contributed by atoms with van der Waals surface area (Å²) in [5.74, 6) is 0.0836. The lowest BCUT2D eigenvalue weighted by Gasteiger charge is -2.26. The summed E-state index contributed by atoms with van der Waals surface area (Å²) in [5, 5.41) is 9.75. The second-order valence-corrected chi connectivity index (χ2v) is 7.64. The molecule has 1 aromatic carbocycles. The Labute approximate surface area is 184 Å². The molecule has 0 bridgehead atoms. The minimum Gasteiger partial charge on any atom is -0.351 e. The van der Waals surface area contributed by atoms with Crippen molar-refractivity contribution < 1.29 is 18.0 Å². The number of carbonyl (C=O) groups excluding carboxylic acids is 1. The summed E-state index contributed by atoms with van der Waals surface area (Å²) in [7, 11) is 1.68. The molecule has 2 atom stereocenters. The summed E-state index contributed by atoms with van der Waals surface area (Å²) in [5.41, 5.74) is 5.56. The number of aryl methyl sites for hydroxylation is 1. The van der Waals surface area contributed by atoms with E-state index in [2.05, 4.69) is 4.98 Å². The van der Waals surface area contributed by atoms with Crippen molar-refractivity contribution in [3.05, 3.63) is 52.2 Å². The lowest BCUT2D eigenvalue weighted by molar-refractivity contribution is -0.137. The first-order chi connectivity index (χ1) is 14.5. The number of halogens is 4. The van der Waals surface area contributed by atoms with Crippen molar-refractivity contribution in [2.45, 2.75) is 38.5 Å². The summed E-state index contributed by atoms with van der Waals surface area (Å²) >= 11 is 5.70. The predicted molar refractivity (Wildman–Crippen MR) is 114 cm³/mol. The number of nitrogens with two attached hydrogens (primary N) is 1. The first kappa shape index (κ1) is 24.4. The van der Waals surface area contributed by atoms with E-state index in [1.807, 2.05) is 13.0 Å². The Bertz CT molecular complexity index is 976. The lowest BCUT2D eigenvalue weighted by atomic mass is 10.1. The number of nitrogens with zero attached hydrogens (tertiary/aromatic N) is 4. The fourth-order valence-electron chi connectivity index (χ4n) is 3.22. The van der Waals surface area contributed by atoms with Crippen molar-refractivity contribution in [1.82, 2.24) is 4.98 Å². The molecular weight excluding hydrogens is 431 g/mol. The first-order valence-corrected chi connectivity index (χ1v) is 9.82. The number of pyridine rings is 1. The maximum Gasteiger partial charge on any atom is 0.417 e. The minimum absolute atomic E-state index is 0.0836. The van der Waals surface area contributed by atoms with Crippen LogP contribution in [0.15, 0.2) is 30.3 Å². The van der Waals surface area contributed by atoms with E-state index in [1.54, 1.807) is 36.2 Å². The smallest absolute Gasteiger partial charge is 0.351 e. The van der Waals surface area contributed by atoms with E-state index in [9.17, 15) is 18.0 Å². The van der Waals surface area contributed by atoms with Crippen molar-refractivity contribution in [2.24, 2.45) is 5.73 Å². The predicted octanol–water partition coefficient (Wildman–Crippen LogP) is 4.14. The molecule has 0 saturated carbocycles. The Morgan fingerprint density at radius 3 is 2.55 bits per heavy atom. The van der Waals surface area contributed by atoms with Gasteiger partial charge in [-0.3, -0.25) is 4.79 Å². The number of carbonyl (C=O) groups is 1. The Kier molecular flexibility index (Phi) is 7.87. The van der Waals surface area contributed by atoms with Crippen molar-refractivity contribution >= 4 is 29.5 Å². The fraction of sp³-hybridized carbons (Fsp3) is 0.381. The highest BCUT2D eigenvalue weighted by atomic mass is 35.5. The summed E-state index contributed by atoms with van der Waals surface area (Å²) in [4.78, 5) is 17.6. The number of hydrogen-bond donors (Lipinski definition) is 1. The third kappa shape index (κ3) is 5.87. The van der Waals surface area contributed by atoms with Gasteiger partial charge in [0.1, 0.15) is 17.5 Å². The Morgan fingerprint density at radius 2 is 2.06 bits per heavy atom. The number of aromatic nitrogens is 1. The van der Waals surface area contributed by atoms with Gasteiger partial charge in [0.15, 0.2) is 0 Å². The van der Waals surface area contributed by atoms with Gasteiger partial charge < -0.3 is 15.5 Å². The maximum atomic E-state index is 13.0. The number of hydrogen-bond acceptors (Lipinski definition) is 5. The van der Waals surface area contributed by atoms with Gasteiger partial charge in [-0.1, -0.05) is 17.7 Å². The Morgan fingerprint density at radius 1 is 1.39 bits per heavy atom. The zero-order valence-electron chi connectivity index (χ0n) is 17.3. The molecule has 1 amide bonds. The molecule has 1 aliphatic rings. The Balaban J connectivity index is 0.000000262. The molecule has 1 aliphatic heterocycles. The molecule has 6 nitrogen and oxygen atoms in total. The number of amides is 1. The summed E-state index contributed by atoms with van der Waals surface area (Å²) in [6.07, 6.45) is -3.16. The topological polar surface area (TPSA) is 86.2 Å². The summed E-state index contributed by atoms with van der Waals surface area (Å²) < 4.78 is 39.1. The molecule has 0 spiro atoms. The summed E-state index contributed by atoms with van der Waals surface area (Å²) in [6, 6.07) is 9.41. The minimum atomic E-state index is -4.57. The SMILES string of the molecule is CN(C=O)c1cccc(Cl)c1.Cc1cc(C(F)(F)F)c(C#N)c(N2CCC(N)C2C)n1. The normalized spacial score (nSPS) is 18.1. The van der Waals surface area contributed by atoms with Crippen LogP contribution in [-0.2, 0) is 11.0 Å². The van der Waals surface area contributed by atoms with E-state index in [4.69, 9.17) is 22.6 Å². The van der Waals surface area contributed by atoms with E-state index in [0.29, 0.717) is 18.0 Å². The third-order valence-corrected chi connectivity index (χ3v) is 5.24. The standard InChI is InChI=1S/C13H15F3N4.C8H8ClNO/c1-7-5-10(13(14,15)16)9(6-17)12(19-7)20-4-3-11(18)8(20)2;1-10(6-11)8-4-2-3-7(9)5-8/h5,8,11H,3-4,18H2,1-2H3;2-6H,1H3. The molecule has 2 aromatic rings. The highest BCUT2D eigenvalue weighted by molar-refractivity contribution is 6.30. The van der Waals surface area contributed by atoms with E-state index in [0.717, 1.165) is 18.2 Å². The first-order valence-electron chi connectivity index (χ1n) is 9.44. The Hall–Kier alpha value is -2.83. The largest absolute Gasteiger partial charge is 0.417 e. The highest BCUT2D eigenvalue weighted by Gasteiger charge is 2.38. The van der Waals surface area contributed by atoms with Gasteiger partial charge in [0.05, 0.1) is 5.56 Å². The van der Waals surface area contributed by atoms with E-state index >= 15 is 0 Å². The monoisotopic (exact) mass is 453 g/mol. The summed E-state index contributed by atoms with van der Waals surface area (Å²) in [6.45, 7) is 3.82. The van der Waals surface area contributed by atoms with Gasteiger partial charge in [-0.2, -0.15) is 18.4 Å². The van der Waals surface area contributed by atoms with Crippen LogP contribution in [0.3, 0.4) is 0 Å². The van der Waals surface area contributed by atoms with Crippen LogP contribution in [-0.4, -0.2) is 37.1 Å². The second-order valence-electron chi connectivity index (χ2n) is 7.20. The van der Waals surface area contributed by atoms with Crippen molar-refractivity contribution in [2.75, 3.05) is 23.4 Å². The molecule has 2 N–H and O–H groups in total. The van der Waals surface area contributed by atoms with Crippen molar-refractivity contribution in [1.29, 1.82) is 5.26 Å². The number of benzene rings is 1. The van der Waals surface area contributed by atoms with Crippen LogP contribution >= 0.6 is 11.6 Å². The third-order valence-electron chi connectivity index (χ3n) is 5.01.